The van der Waals surface area contributed by atoms with E-state index in [-0.39, 0.29) is 17.9 Å². The van der Waals surface area contributed by atoms with Crippen LogP contribution in [-0.2, 0) is 13.1 Å². The molecular weight excluding hydrogens is 321 g/mol. The molecule has 1 aromatic carbocycles. The van der Waals surface area contributed by atoms with Gasteiger partial charge in [0.1, 0.15) is 23.6 Å². The first-order chi connectivity index (χ1) is 12.1. The molecule has 0 amide bonds. The molecule has 5 nitrogen and oxygen atoms in total. The third kappa shape index (κ3) is 2.87. The molecular formula is C19H16FN3O2. The number of halogens is 1. The topological polar surface area (TPSA) is 53.0 Å². The molecule has 6 heteroatoms. The number of pyridine rings is 1. The molecule has 4 aromatic rings. The highest BCUT2D eigenvalue weighted by Gasteiger charge is 2.12. The van der Waals surface area contributed by atoms with Crippen molar-refractivity contribution >= 4 is 10.9 Å². The number of aromatic nitrogens is 3. The van der Waals surface area contributed by atoms with Gasteiger partial charge in [-0.2, -0.15) is 0 Å². The van der Waals surface area contributed by atoms with Gasteiger partial charge in [-0.15, -0.1) is 0 Å². The number of aryl methyl sites for hydroxylation is 1. The van der Waals surface area contributed by atoms with E-state index in [9.17, 15) is 9.18 Å². The van der Waals surface area contributed by atoms with Crippen molar-refractivity contribution in [3.05, 3.63) is 88.4 Å². The zero-order chi connectivity index (χ0) is 17.4. The summed E-state index contributed by atoms with van der Waals surface area (Å²) in [6.07, 6.45) is 5.15. The lowest BCUT2D eigenvalue weighted by molar-refractivity contribution is 0.455. The number of nitrogens with zero attached hydrogens (tertiary/aromatic N) is 3. The van der Waals surface area contributed by atoms with Crippen molar-refractivity contribution in [3.63, 3.8) is 0 Å². The van der Waals surface area contributed by atoms with E-state index in [1.165, 1.54) is 6.07 Å². The Kier molecular flexibility index (Phi) is 3.72. The van der Waals surface area contributed by atoms with Gasteiger partial charge < -0.3 is 13.6 Å². The van der Waals surface area contributed by atoms with Gasteiger partial charge in [0.05, 0.1) is 12.7 Å². The number of fused-ring (bicyclic) bond motifs is 1. The first kappa shape index (κ1) is 15.4. The molecule has 0 radical (unpaired) electrons. The summed E-state index contributed by atoms with van der Waals surface area (Å²) < 4.78 is 22.7. The minimum absolute atomic E-state index is 0.158. The SMILES string of the molecule is Cc1cnc(Cn2ccc3ccn(Cc4ccccc4F)c3c2=O)o1. The summed E-state index contributed by atoms with van der Waals surface area (Å²) in [6.45, 7) is 2.36. The van der Waals surface area contributed by atoms with Crippen LogP contribution in [0.3, 0.4) is 0 Å². The Bertz CT molecular complexity index is 1110. The third-order valence-corrected chi connectivity index (χ3v) is 4.17. The lowest BCUT2D eigenvalue weighted by atomic mass is 10.2. The second-order valence-electron chi connectivity index (χ2n) is 5.95. The molecule has 0 aliphatic heterocycles. The van der Waals surface area contributed by atoms with Crippen LogP contribution in [0, 0.1) is 12.7 Å². The van der Waals surface area contributed by atoms with Crippen LogP contribution in [0.4, 0.5) is 4.39 Å². The molecule has 25 heavy (non-hydrogen) atoms. The van der Waals surface area contributed by atoms with E-state index in [1.54, 1.807) is 45.9 Å². The average molecular weight is 337 g/mol. The van der Waals surface area contributed by atoms with E-state index in [0.717, 1.165) is 5.39 Å². The summed E-state index contributed by atoms with van der Waals surface area (Å²) in [5.41, 5.74) is 0.918. The van der Waals surface area contributed by atoms with Crippen molar-refractivity contribution in [3.8, 4) is 0 Å². The van der Waals surface area contributed by atoms with Crippen LogP contribution in [0.15, 0.2) is 64.2 Å². The van der Waals surface area contributed by atoms with E-state index in [1.807, 2.05) is 19.1 Å². The van der Waals surface area contributed by atoms with Crippen molar-refractivity contribution in [2.24, 2.45) is 0 Å². The van der Waals surface area contributed by atoms with Crippen LogP contribution in [0.2, 0.25) is 0 Å². The van der Waals surface area contributed by atoms with Gasteiger partial charge in [-0.3, -0.25) is 4.79 Å². The fourth-order valence-corrected chi connectivity index (χ4v) is 2.93. The Balaban J connectivity index is 1.75. The molecule has 0 aliphatic carbocycles. The van der Waals surface area contributed by atoms with Gasteiger partial charge in [-0.05, 0) is 25.1 Å². The third-order valence-electron chi connectivity index (χ3n) is 4.17. The summed E-state index contributed by atoms with van der Waals surface area (Å²) in [5.74, 6) is 0.897. The van der Waals surface area contributed by atoms with E-state index in [0.29, 0.717) is 29.3 Å². The minimum Gasteiger partial charge on any atom is -0.444 e. The molecule has 0 fully saturated rings. The van der Waals surface area contributed by atoms with Crippen LogP contribution in [0.1, 0.15) is 17.2 Å². The van der Waals surface area contributed by atoms with Gasteiger partial charge in [-0.1, -0.05) is 18.2 Å². The predicted molar refractivity (Wildman–Crippen MR) is 92.0 cm³/mol. The summed E-state index contributed by atoms with van der Waals surface area (Å²) >= 11 is 0. The van der Waals surface area contributed by atoms with Crippen LogP contribution >= 0.6 is 0 Å². The molecule has 0 N–H and O–H groups in total. The fourth-order valence-electron chi connectivity index (χ4n) is 2.93. The van der Waals surface area contributed by atoms with E-state index in [2.05, 4.69) is 4.98 Å². The lowest BCUT2D eigenvalue weighted by Crippen LogP contribution is -2.22. The number of oxazole rings is 1. The molecule has 0 saturated heterocycles. The van der Waals surface area contributed by atoms with Gasteiger partial charge in [0, 0.05) is 23.3 Å². The van der Waals surface area contributed by atoms with Gasteiger partial charge in [-0.25, -0.2) is 9.37 Å². The van der Waals surface area contributed by atoms with Crippen LogP contribution in [0.5, 0.6) is 0 Å². The highest BCUT2D eigenvalue weighted by Crippen LogP contribution is 2.16. The van der Waals surface area contributed by atoms with Crippen molar-refractivity contribution in [2.75, 3.05) is 0 Å². The molecule has 0 saturated carbocycles. The Morgan fingerprint density at radius 2 is 1.84 bits per heavy atom. The van der Waals surface area contributed by atoms with Crippen LogP contribution in [-0.4, -0.2) is 14.1 Å². The summed E-state index contributed by atoms with van der Waals surface area (Å²) in [5, 5.41) is 0.821. The second kappa shape index (κ2) is 6.05. The largest absolute Gasteiger partial charge is 0.444 e. The maximum atomic E-state index is 13.9. The predicted octanol–water partition coefficient (Wildman–Crippen LogP) is 3.34. The van der Waals surface area contributed by atoms with Crippen molar-refractivity contribution in [1.29, 1.82) is 0 Å². The maximum Gasteiger partial charge on any atom is 0.275 e. The van der Waals surface area contributed by atoms with Crippen molar-refractivity contribution in [2.45, 2.75) is 20.0 Å². The Morgan fingerprint density at radius 3 is 2.56 bits per heavy atom. The number of hydrogen-bond acceptors (Lipinski definition) is 3. The molecule has 0 bridgehead atoms. The standard InChI is InChI=1S/C19H16FN3O2/c1-13-10-21-17(25-13)12-23-9-7-14-6-8-22(18(14)19(23)24)11-15-4-2-3-5-16(15)20/h2-10H,11-12H2,1H3. The highest BCUT2D eigenvalue weighted by molar-refractivity contribution is 5.79. The number of rotatable bonds is 4. The fraction of sp³-hybridized carbons (Fsp3) is 0.158. The Hall–Kier alpha value is -3.15. The highest BCUT2D eigenvalue weighted by atomic mass is 19.1. The quantitative estimate of drug-likeness (QED) is 0.574. The second-order valence-corrected chi connectivity index (χ2v) is 5.95. The molecule has 0 atom stereocenters. The van der Waals surface area contributed by atoms with E-state index < -0.39 is 0 Å². The zero-order valence-electron chi connectivity index (χ0n) is 13.6. The first-order valence-corrected chi connectivity index (χ1v) is 7.95. The van der Waals surface area contributed by atoms with Crippen LogP contribution < -0.4 is 5.56 Å². The van der Waals surface area contributed by atoms with E-state index >= 15 is 0 Å². The summed E-state index contributed by atoms with van der Waals surface area (Å²) in [4.78, 5) is 17.0. The maximum absolute atomic E-state index is 13.9. The lowest BCUT2D eigenvalue weighted by Gasteiger charge is -2.08. The van der Waals surface area contributed by atoms with Crippen LogP contribution in [0.25, 0.3) is 10.9 Å². The first-order valence-electron chi connectivity index (χ1n) is 7.95. The normalized spacial score (nSPS) is 11.3. The monoisotopic (exact) mass is 337 g/mol. The van der Waals surface area contributed by atoms with E-state index in [4.69, 9.17) is 4.42 Å². The molecule has 0 aliphatic rings. The molecule has 0 spiro atoms. The molecule has 126 valence electrons. The molecule has 4 rings (SSSR count). The zero-order valence-corrected chi connectivity index (χ0v) is 13.6. The Morgan fingerprint density at radius 1 is 1.08 bits per heavy atom. The van der Waals surface area contributed by atoms with Crippen molar-refractivity contribution in [1.82, 2.24) is 14.1 Å². The van der Waals surface area contributed by atoms with Crippen molar-refractivity contribution < 1.29 is 8.81 Å². The summed E-state index contributed by atoms with van der Waals surface area (Å²) in [6, 6.07) is 10.3. The van der Waals surface area contributed by atoms with Gasteiger partial charge in [0.15, 0.2) is 0 Å². The number of hydrogen-bond donors (Lipinski definition) is 0. The average Bonchev–Trinajstić information content (AvgIpc) is 3.19. The molecule has 0 unspecified atom stereocenters. The minimum atomic E-state index is -0.282. The molecule has 3 heterocycles. The van der Waals surface area contributed by atoms with Gasteiger partial charge in [0.25, 0.3) is 5.56 Å². The summed E-state index contributed by atoms with van der Waals surface area (Å²) in [7, 11) is 0. The number of benzene rings is 1. The van der Waals surface area contributed by atoms with Gasteiger partial charge in [0.2, 0.25) is 5.89 Å². The smallest absolute Gasteiger partial charge is 0.275 e. The molecule has 3 aromatic heterocycles. The Labute approximate surface area is 143 Å². The van der Waals surface area contributed by atoms with Gasteiger partial charge >= 0.3 is 0 Å².